The summed E-state index contributed by atoms with van der Waals surface area (Å²) in [7, 11) is 1.32. The average Bonchev–Trinajstić information content (AvgIpc) is 2.75. The fraction of sp³-hybridized carbons (Fsp3) is 0.500. The second-order valence-corrected chi connectivity index (χ2v) is 10.4. The topological polar surface area (TPSA) is 111 Å². The molecular formula is C24H26ClN3O5. The van der Waals surface area contributed by atoms with E-state index in [4.69, 9.17) is 16.3 Å². The molecule has 2 aromatic rings. The zero-order chi connectivity index (χ0) is 23.4. The predicted octanol–water partition coefficient (Wildman–Crippen LogP) is 4.20. The Bertz CT molecular complexity index is 1160. The Morgan fingerprint density at radius 2 is 1.88 bits per heavy atom. The second-order valence-electron chi connectivity index (χ2n) is 10.0. The van der Waals surface area contributed by atoms with Crippen molar-refractivity contribution in [1.29, 1.82) is 0 Å². The molecule has 4 saturated carbocycles. The van der Waals surface area contributed by atoms with Crippen LogP contribution in [0, 0.1) is 17.3 Å². The normalized spacial score (nSPS) is 29.6. The van der Waals surface area contributed by atoms with Crippen LogP contribution in [0.5, 0.6) is 0 Å². The molecule has 1 heterocycles. The number of carbonyl (C=O) groups excluding carboxylic acids is 1. The summed E-state index contributed by atoms with van der Waals surface area (Å²) in [5.74, 6) is -0.364. The van der Waals surface area contributed by atoms with Gasteiger partial charge in [-0.05, 0) is 80.0 Å². The van der Waals surface area contributed by atoms with Gasteiger partial charge >= 0.3 is 11.9 Å². The number of rotatable bonds is 6. The van der Waals surface area contributed by atoms with E-state index in [9.17, 15) is 19.5 Å². The minimum absolute atomic E-state index is 0.0464. The number of nitrogens with one attached hydrogen (secondary N) is 1. The lowest BCUT2D eigenvalue weighted by atomic mass is 9.46. The largest absolute Gasteiger partial charge is 0.481 e. The molecule has 8 nitrogen and oxygen atoms in total. The molecule has 174 valence electrons. The Labute approximate surface area is 195 Å². The summed E-state index contributed by atoms with van der Waals surface area (Å²) < 4.78 is 6.24. The van der Waals surface area contributed by atoms with E-state index in [1.54, 1.807) is 30.5 Å². The number of ether oxygens (including phenoxy) is 1. The number of hydrogen-bond acceptors (Lipinski definition) is 6. The summed E-state index contributed by atoms with van der Waals surface area (Å²) in [5, 5.41) is 17.2. The van der Waals surface area contributed by atoms with Gasteiger partial charge in [-0.1, -0.05) is 11.6 Å². The molecule has 0 aliphatic heterocycles. The van der Waals surface area contributed by atoms with Gasteiger partial charge in [0.25, 0.3) is 5.56 Å². The Morgan fingerprint density at radius 3 is 2.48 bits per heavy atom. The lowest BCUT2D eigenvalue weighted by Crippen LogP contribution is -2.59. The maximum absolute atomic E-state index is 13.4. The Morgan fingerprint density at radius 1 is 1.21 bits per heavy atom. The molecule has 9 heteroatoms. The van der Waals surface area contributed by atoms with E-state index in [0.717, 1.165) is 32.1 Å². The van der Waals surface area contributed by atoms with Crippen molar-refractivity contribution in [3.63, 3.8) is 0 Å². The molecule has 4 aliphatic rings. The molecule has 4 aliphatic carbocycles. The first-order valence-electron chi connectivity index (χ1n) is 11.2. The number of hydrogen-bond donors (Lipinski definition) is 2. The molecule has 6 rings (SSSR count). The van der Waals surface area contributed by atoms with Crippen molar-refractivity contribution in [3.05, 3.63) is 51.4 Å². The average molecular weight is 472 g/mol. The Balaban J connectivity index is 1.44. The summed E-state index contributed by atoms with van der Waals surface area (Å²) in [6, 6.07) is 6.63. The molecule has 4 atom stereocenters. The molecule has 0 radical (unpaired) electrons. The third-order valence-electron chi connectivity index (χ3n) is 7.63. The van der Waals surface area contributed by atoms with E-state index >= 15 is 0 Å². The summed E-state index contributed by atoms with van der Waals surface area (Å²) in [5.41, 5.74) is 0.357. The van der Waals surface area contributed by atoms with Gasteiger partial charge in [0.1, 0.15) is 5.02 Å². The van der Waals surface area contributed by atoms with E-state index in [-0.39, 0.29) is 22.4 Å². The van der Waals surface area contributed by atoms with E-state index in [1.165, 1.54) is 11.8 Å². The SMILES string of the molecule is COC(=O)c1ccc(Nc2cnn(C34C[C@@H]5C[C@@H](CC(CC(=O)O)(C5)C3)C4)c(=O)c2Cl)cc1. The smallest absolute Gasteiger partial charge is 0.337 e. The molecule has 0 spiro atoms. The van der Waals surface area contributed by atoms with E-state index in [2.05, 4.69) is 10.4 Å². The van der Waals surface area contributed by atoms with Crippen LogP contribution in [0.2, 0.25) is 5.02 Å². The minimum Gasteiger partial charge on any atom is -0.481 e. The van der Waals surface area contributed by atoms with Gasteiger partial charge in [0.2, 0.25) is 0 Å². The quantitative estimate of drug-likeness (QED) is 0.607. The summed E-state index contributed by atoms with van der Waals surface area (Å²) in [6.07, 6.45) is 6.98. The number of anilines is 2. The van der Waals surface area contributed by atoms with Gasteiger partial charge in [0, 0.05) is 5.69 Å². The molecule has 2 N–H and O–H groups in total. The number of carboxylic acids is 1. The van der Waals surface area contributed by atoms with Crippen molar-refractivity contribution in [2.24, 2.45) is 17.3 Å². The third-order valence-corrected chi connectivity index (χ3v) is 8.00. The minimum atomic E-state index is -0.775. The van der Waals surface area contributed by atoms with Gasteiger partial charge in [-0.15, -0.1) is 0 Å². The number of benzene rings is 1. The van der Waals surface area contributed by atoms with Crippen molar-refractivity contribution < 1.29 is 19.4 Å². The number of aromatic nitrogens is 2. The first kappa shape index (κ1) is 21.9. The highest BCUT2D eigenvalue weighted by Gasteiger charge is 2.59. The fourth-order valence-electron chi connectivity index (χ4n) is 7.00. The number of nitrogens with zero attached hydrogens (tertiary/aromatic N) is 2. The lowest BCUT2D eigenvalue weighted by molar-refractivity contribution is -0.151. The van der Waals surface area contributed by atoms with E-state index in [0.29, 0.717) is 35.2 Å². The van der Waals surface area contributed by atoms with E-state index < -0.39 is 17.5 Å². The van der Waals surface area contributed by atoms with Crippen LogP contribution < -0.4 is 10.9 Å². The zero-order valence-corrected chi connectivity index (χ0v) is 19.1. The summed E-state index contributed by atoms with van der Waals surface area (Å²) in [6.45, 7) is 0. The highest BCUT2D eigenvalue weighted by molar-refractivity contribution is 6.33. The van der Waals surface area contributed by atoms with Crippen LogP contribution >= 0.6 is 11.6 Å². The van der Waals surface area contributed by atoms with Crippen molar-refractivity contribution in [2.45, 2.75) is 50.5 Å². The Kier molecular flexibility index (Phi) is 5.23. The monoisotopic (exact) mass is 471 g/mol. The van der Waals surface area contributed by atoms with Crippen LogP contribution in [0.4, 0.5) is 11.4 Å². The standard InChI is InChI=1S/C24H26ClN3O5/c1-33-22(32)16-2-4-17(5-3-16)27-18-12-26-28(21(31)20(18)25)24-9-14-6-15(10-24)8-23(7-14,13-24)11-19(29)30/h2-5,12,14-15,27H,6-11,13H2,1H3,(H,29,30)/t14-,15+,23?,24?. The molecule has 1 aromatic heterocycles. The van der Waals surface area contributed by atoms with Crippen LogP contribution in [0.25, 0.3) is 0 Å². The van der Waals surface area contributed by atoms with Gasteiger partial charge in [-0.25, -0.2) is 9.48 Å². The number of esters is 1. The highest BCUT2D eigenvalue weighted by Crippen LogP contribution is 2.65. The van der Waals surface area contributed by atoms with Gasteiger partial charge in [-0.2, -0.15) is 5.10 Å². The molecular weight excluding hydrogens is 446 g/mol. The highest BCUT2D eigenvalue weighted by atomic mass is 35.5. The number of halogens is 1. The van der Waals surface area contributed by atoms with Crippen molar-refractivity contribution in [3.8, 4) is 0 Å². The maximum Gasteiger partial charge on any atom is 0.337 e. The van der Waals surface area contributed by atoms with Crippen LogP contribution in [-0.2, 0) is 15.1 Å². The van der Waals surface area contributed by atoms with Crippen molar-refractivity contribution >= 4 is 34.9 Å². The van der Waals surface area contributed by atoms with Gasteiger partial charge in [0.05, 0.1) is 36.5 Å². The van der Waals surface area contributed by atoms with Crippen LogP contribution in [-0.4, -0.2) is 33.9 Å². The number of carbonyl (C=O) groups is 2. The molecule has 4 fully saturated rings. The Hall–Kier alpha value is -2.87. The molecule has 0 amide bonds. The fourth-order valence-corrected chi connectivity index (χ4v) is 7.17. The number of methoxy groups -OCH3 is 1. The maximum atomic E-state index is 13.4. The van der Waals surface area contributed by atoms with Crippen LogP contribution in [0.15, 0.2) is 35.3 Å². The molecule has 33 heavy (non-hydrogen) atoms. The number of carboxylic acid groups (broad SMARTS) is 1. The lowest BCUT2D eigenvalue weighted by Gasteiger charge is -2.61. The molecule has 4 bridgehead atoms. The first-order valence-corrected chi connectivity index (χ1v) is 11.6. The van der Waals surface area contributed by atoms with E-state index in [1.807, 2.05) is 0 Å². The predicted molar refractivity (Wildman–Crippen MR) is 122 cm³/mol. The first-order chi connectivity index (χ1) is 15.7. The van der Waals surface area contributed by atoms with Crippen molar-refractivity contribution in [2.75, 3.05) is 12.4 Å². The van der Waals surface area contributed by atoms with Gasteiger partial charge in [0.15, 0.2) is 0 Å². The van der Waals surface area contributed by atoms with Crippen LogP contribution in [0.3, 0.4) is 0 Å². The third kappa shape index (κ3) is 3.80. The van der Waals surface area contributed by atoms with Crippen LogP contribution in [0.1, 0.15) is 55.3 Å². The molecule has 0 saturated heterocycles. The molecule has 1 aromatic carbocycles. The zero-order valence-electron chi connectivity index (χ0n) is 18.3. The second kappa shape index (κ2) is 7.87. The van der Waals surface area contributed by atoms with Gasteiger partial charge in [-0.3, -0.25) is 9.59 Å². The summed E-state index contributed by atoms with van der Waals surface area (Å²) in [4.78, 5) is 36.6. The summed E-state index contributed by atoms with van der Waals surface area (Å²) >= 11 is 6.51. The molecule has 2 unspecified atom stereocenters. The number of aliphatic carboxylic acids is 1. The van der Waals surface area contributed by atoms with Crippen molar-refractivity contribution in [1.82, 2.24) is 9.78 Å². The van der Waals surface area contributed by atoms with Gasteiger partial charge < -0.3 is 15.2 Å².